The number of carboxylic acids is 1. The second-order valence-corrected chi connectivity index (χ2v) is 8.64. The Kier molecular flexibility index (Phi) is 4.40. The van der Waals surface area contributed by atoms with Gasteiger partial charge in [0, 0.05) is 0 Å². The first-order valence-electron chi connectivity index (χ1n) is 5.15. The zero-order valence-electron chi connectivity index (χ0n) is 9.73. The molecule has 3 rings (SSSR count). The van der Waals surface area contributed by atoms with Gasteiger partial charge < -0.3 is 5.11 Å². The van der Waals surface area contributed by atoms with Crippen molar-refractivity contribution in [3.05, 3.63) is 25.4 Å². The number of aromatic carboxylic acids is 1. The Balaban J connectivity index is 1.97. The molecule has 7 nitrogen and oxygen atoms in total. The molecule has 3 aromatic heterocycles. The third-order valence-corrected chi connectivity index (χ3v) is 7.17. The van der Waals surface area contributed by atoms with Crippen LogP contribution in [-0.4, -0.2) is 36.3 Å². The predicted molar refractivity (Wildman–Crippen MR) is 85.6 cm³/mol. The molecular weight excluding hydrogens is 466 g/mol. The molecule has 3 heterocycles. The minimum Gasteiger partial charge on any atom is -0.478 e. The third kappa shape index (κ3) is 3.04. The normalized spacial score (nSPS) is 11.0. The molecule has 0 unspecified atom stereocenters. The summed E-state index contributed by atoms with van der Waals surface area (Å²) in [6.07, 6.45) is 0. The largest absolute Gasteiger partial charge is 0.478 e. The molecule has 0 aliphatic carbocycles. The second-order valence-electron chi connectivity index (χ2n) is 3.46. The van der Waals surface area contributed by atoms with Crippen LogP contribution in [0.2, 0.25) is 0 Å². The fraction of sp³-hybridized carbons (Fsp3) is 0. The van der Waals surface area contributed by atoms with E-state index < -0.39 is 5.97 Å². The van der Waals surface area contributed by atoms with Crippen LogP contribution in [0.15, 0.2) is 29.3 Å². The molecule has 0 atom stereocenters. The fourth-order valence-corrected chi connectivity index (χ4v) is 5.45. The molecule has 0 saturated heterocycles. The Morgan fingerprint density at radius 1 is 1.43 bits per heavy atom. The van der Waals surface area contributed by atoms with Crippen molar-refractivity contribution < 1.29 is 9.90 Å². The Hall–Kier alpha value is -0.820. The standard InChI is InChI=1S/C9H3Br2N5O2S3/c10-4-5(11)20-9(12-4)21-8-13-14-15-16(8)6-3(7(17)18)1-2-19-6/h1-2H,(H,17,18). The molecule has 0 fully saturated rings. The van der Waals surface area contributed by atoms with Gasteiger partial charge in [-0.1, -0.05) is 11.3 Å². The van der Waals surface area contributed by atoms with Crippen LogP contribution in [0.5, 0.6) is 0 Å². The summed E-state index contributed by atoms with van der Waals surface area (Å²) in [7, 11) is 0. The maximum Gasteiger partial charge on any atom is 0.338 e. The minimum atomic E-state index is -1.02. The van der Waals surface area contributed by atoms with Gasteiger partial charge in [0.25, 0.3) is 0 Å². The lowest BCUT2D eigenvalue weighted by atomic mass is 10.3. The zero-order chi connectivity index (χ0) is 15.0. The summed E-state index contributed by atoms with van der Waals surface area (Å²) >= 11 is 10.6. The van der Waals surface area contributed by atoms with Crippen molar-refractivity contribution in [2.75, 3.05) is 0 Å². The van der Waals surface area contributed by atoms with Gasteiger partial charge >= 0.3 is 5.97 Å². The van der Waals surface area contributed by atoms with E-state index in [0.717, 1.165) is 8.13 Å². The van der Waals surface area contributed by atoms with Gasteiger partial charge in [0.05, 0.1) is 5.56 Å². The van der Waals surface area contributed by atoms with Gasteiger partial charge in [-0.3, -0.25) is 0 Å². The molecule has 0 aliphatic heterocycles. The highest BCUT2D eigenvalue weighted by Crippen LogP contribution is 2.37. The monoisotopic (exact) mass is 467 g/mol. The first-order valence-corrected chi connectivity index (χ1v) is 9.25. The highest BCUT2D eigenvalue weighted by molar-refractivity contribution is 9.13. The van der Waals surface area contributed by atoms with E-state index in [1.54, 1.807) is 5.38 Å². The zero-order valence-corrected chi connectivity index (χ0v) is 15.3. The SMILES string of the molecule is O=C(O)c1ccsc1-n1nnnc1Sc1nc(Br)c(Br)s1. The topological polar surface area (TPSA) is 93.8 Å². The van der Waals surface area contributed by atoms with Crippen LogP contribution < -0.4 is 0 Å². The molecule has 108 valence electrons. The smallest absolute Gasteiger partial charge is 0.338 e. The van der Waals surface area contributed by atoms with Crippen molar-refractivity contribution in [1.29, 1.82) is 0 Å². The molecule has 3 aromatic rings. The first kappa shape index (κ1) is 15.1. The van der Waals surface area contributed by atoms with E-state index in [1.165, 1.54) is 45.2 Å². The number of hydrogen-bond acceptors (Lipinski definition) is 8. The average Bonchev–Trinajstić information content (AvgIpc) is 3.10. The number of tetrazole rings is 1. The minimum absolute atomic E-state index is 0.163. The number of halogens is 2. The van der Waals surface area contributed by atoms with Crippen molar-refractivity contribution in [3.8, 4) is 5.00 Å². The van der Waals surface area contributed by atoms with Gasteiger partial charge in [-0.2, -0.15) is 4.68 Å². The van der Waals surface area contributed by atoms with E-state index in [0.29, 0.717) is 14.8 Å². The van der Waals surface area contributed by atoms with Crippen molar-refractivity contribution in [1.82, 2.24) is 25.2 Å². The lowest BCUT2D eigenvalue weighted by Crippen LogP contribution is -2.04. The van der Waals surface area contributed by atoms with Crippen LogP contribution in [0, 0.1) is 0 Å². The highest BCUT2D eigenvalue weighted by Gasteiger charge is 2.20. The van der Waals surface area contributed by atoms with Crippen molar-refractivity contribution in [2.24, 2.45) is 0 Å². The fourth-order valence-electron chi connectivity index (χ4n) is 1.39. The summed E-state index contributed by atoms with van der Waals surface area (Å²) < 4.78 is 3.71. The molecular formula is C9H3Br2N5O2S3. The van der Waals surface area contributed by atoms with Crippen molar-refractivity contribution in [3.63, 3.8) is 0 Å². The molecule has 21 heavy (non-hydrogen) atoms. The van der Waals surface area contributed by atoms with Crippen LogP contribution >= 0.6 is 66.3 Å². The number of thiophene rings is 1. The van der Waals surface area contributed by atoms with Gasteiger partial charge in [0.1, 0.15) is 13.4 Å². The van der Waals surface area contributed by atoms with Gasteiger partial charge in [0.15, 0.2) is 4.34 Å². The molecule has 0 radical (unpaired) electrons. The van der Waals surface area contributed by atoms with E-state index in [2.05, 4.69) is 52.4 Å². The van der Waals surface area contributed by atoms with E-state index in [1.807, 2.05) is 0 Å². The maximum atomic E-state index is 11.2. The number of rotatable bonds is 4. The summed E-state index contributed by atoms with van der Waals surface area (Å²) in [4.78, 5) is 15.5. The van der Waals surface area contributed by atoms with Crippen LogP contribution in [0.4, 0.5) is 0 Å². The molecule has 0 spiro atoms. The van der Waals surface area contributed by atoms with Crippen LogP contribution in [0.25, 0.3) is 5.00 Å². The van der Waals surface area contributed by atoms with E-state index in [9.17, 15) is 4.79 Å². The average molecular weight is 469 g/mol. The van der Waals surface area contributed by atoms with Crippen LogP contribution in [0.1, 0.15) is 10.4 Å². The maximum absolute atomic E-state index is 11.2. The molecule has 0 bridgehead atoms. The molecule has 0 aromatic carbocycles. The number of thiazole rings is 1. The predicted octanol–water partition coefficient (Wildman–Crippen LogP) is 3.55. The summed E-state index contributed by atoms with van der Waals surface area (Å²) in [5, 5.41) is 23.2. The Bertz CT molecular complexity index is 795. The lowest BCUT2D eigenvalue weighted by molar-refractivity contribution is 0.0697. The van der Waals surface area contributed by atoms with E-state index in [4.69, 9.17) is 5.11 Å². The van der Waals surface area contributed by atoms with Crippen LogP contribution in [0.3, 0.4) is 0 Å². The second kappa shape index (κ2) is 6.12. The number of aromatic nitrogens is 5. The van der Waals surface area contributed by atoms with E-state index in [-0.39, 0.29) is 5.56 Å². The Morgan fingerprint density at radius 3 is 2.90 bits per heavy atom. The number of hydrogen-bond donors (Lipinski definition) is 1. The summed E-state index contributed by atoms with van der Waals surface area (Å²) in [5.41, 5.74) is 0.163. The number of carboxylic acid groups (broad SMARTS) is 1. The Morgan fingerprint density at radius 2 is 2.24 bits per heavy atom. The third-order valence-electron chi connectivity index (χ3n) is 2.22. The van der Waals surface area contributed by atoms with Crippen LogP contribution in [-0.2, 0) is 0 Å². The molecule has 0 saturated carbocycles. The van der Waals surface area contributed by atoms with Gasteiger partial charge in [-0.25, -0.2) is 9.78 Å². The number of carbonyl (C=O) groups is 1. The summed E-state index contributed by atoms with van der Waals surface area (Å²) in [6.45, 7) is 0. The molecule has 0 amide bonds. The van der Waals surface area contributed by atoms with Crippen molar-refractivity contribution >= 4 is 72.3 Å². The van der Waals surface area contributed by atoms with E-state index >= 15 is 0 Å². The molecule has 0 aliphatic rings. The first-order chi connectivity index (χ1) is 10.1. The van der Waals surface area contributed by atoms with Gasteiger partial charge in [-0.05, 0) is 65.5 Å². The quantitative estimate of drug-likeness (QED) is 0.625. The summed E-state index contributed by atoms with van der Waals surface area (Å²) in [6, 6.07) is 1.52. The molecule has 12 heteroatoms. The highest BCUT2D eigenvalue weighted by atomic mass is 79.9. The lowest BCUT2D eigenvalue weighted by Gasteiger charge is -2.01. The van der Waals surface area contributed by atoms with Gasteiger partial charge in [-0.15, -0.1) is 16.4 Å². The summed E-state index contributed by atoms with van der Waals surface area (Å²) in [5.74, 6) is -1.02. The Labute approximate surface area is 146 Å². The molecule has 1 N–H and O–H groups in total. The van der Waals surface area contributed by atoms with Gasteiger partial charge in [0.2, 0.25) is 5.16 Å². The van der Waals surface area contributed by atoms with Crippen molar-refractivity contribution in [2.45, 2.75) is 9.50 Å². The number of nitrogens with zero attached hydrogens (tertiary/aromatic N) is 5.